The third-order valence-corrected chi connectivity index (χ3v) is 6.61. The summed E-state index contributed by atoms with van der Waals surface area (Å²) in [6.45, 7) is 2.35. The molecule has 0 aromatic heterocycles. The highest BCUT2D eigenvalue weighted by atomic mass is 127. The summed E-state index contributed by atoms with van der Waals surface area (Å²) >= 11 is 2.99. The summed E-state index contributed by atoms with van der Waals surface area (Å²) in [5.74, 6) is 0.581. The first kappa shape index (κ1) is 24.7. The number of nitro benzene ring substituents is 1. The Morgan fingerprint density at radius 2 is 1.83 bits per heavy atom. The minimum Gasteiger partial charge on any atom is -0.490 e. The first-order valence-corrected chi connectivity index (χ1v) is 12.4. The number of hydrogen-bond acceptors (Lipinski definition) is 7. The van der Waals surface area contributed by atoms with E-state index >= 15 is 0 Å². The van der Waals surface area contributed by atoms with Crippen LogP contribution in [0.25, 0.3) is 6.08 Å². The Morgan fingerprint density at radius 1 is 1.06 bits per heavy atom. The molecule has 1 aliphatic rings. The van der Waals surface area contributed by atoms with Crippen molar-refractivity contribution in [2.75, 3.05) is 11.5 Å². The topological polar surface area (TPSA) is 99.0 Å². The molecule has 0 bridgehead atoms. The number of thioether (sulfide) groups is 1. The SMILES string of the molecule is CCOc1cc(/C=C2\SC(=O)N(c3ccccc3)C2=O)cc(I)c1OCc1cccc([N+](=O)[O-])c1. The minimum absolute atomic E-state index is 0.00868. The largest absolute Gasteiger partial charge is 0.490 e. The molecule has 8 nitrogen and oxygen atoms in total. The van der Waals surface area contributed by atoms with E-state index in [1.807, 2.05) is 19.1 Å². The fraction of sp³-hybridized carbons (Fsp3) is 0.120. The number of carbonyl (C=O) groups excluding carboxylic acids is 2. The average Bonchev–Trinajstić information content (AvgIpc) is 3.12. The Hall–Kier alpha value is -3.38. The quantitative estimate of drug-likeness (QED) is 0.127. The van der Waals surface area contributed by atoms with Crippen LogP contribution in [0, 0.1) is 13.7 Å². The van der Waals surface area contributed by atoms with Gasteiger partial charge in [0.25, 0.3) is 16.8 Å². The van der Waals surface area contributed by atoms with Gasteiger partial charge in [-0.05, 0) is 82.7 Å². The number of benzene rings is 3. The molecule has 1 saturated heterocycles. The van der Waals surface area contributed by atoms with E-state index < -0.39 is 4.92 Å². The summed E-state index contributed by atoms with van der Waals surface area (Å²) in [5.41, 5.74) is 1.84. The number of anilines is 1. The smallest absolute Gasteiger partial charge is 0.298 e. The summed E-state index contributed by atoms with van der Waals surface area (Å²) in [6.07, 6.45) is 1.66. The van der Waals surface area contributed by atoms with Gasteiger partial charge in [0.2, 0.25) is 0 Å². The van der Waals surface area contributed by atoms with Crippen LogP contribution in [0.1, 0.15) is 18.1 Å². The summed E-state index contributed by atoms with van der Waals surface area (Å²) in [7, 11) is 0. The maximum absolute atomic E-state index is 12.9. The average molecular weight is 602 g/mol. The van der Waals surface area contributed by atoms with Crippen molar-refractivity contribution in [1.82, 2.24) is 0 Å². The van der Waals surface area contributed by atoms with Crippen molar-refractivity contribution in [2.24, 2.45) is 0 Å². The number of nitrogens with zero attached hydrogens (tertiary/aromatic N) is 2. The van der Waals surface area contributed by atoms with Gasteiger partial charge in [-0.2, -0.15) is 0 Å². The zero-order valence-corrected chi connectivity index (χ0v) is 21.4. The standard InChI is InChI=1S/C25H19IN2O6S/c1-2-33-21-13-17(14-22-24(29)27(25(30)35-22)18-8-4-3-5-9-18)12-20(26)23(21)34-15-16-7-6-10-19(11-16)28(31)32/h3-14H,2,15H2,1H3/b22-14-. The van der Waals surface area contributed by atoms with Crippen molar-refractivity contribution in [3.63, 3.8) is 0 Å². The molecule has 0 saturated carbocycles. The van der Waals surface area contributed by atoms with Gasteiger partial charge in [0.1, 0.15) is 6.61 Å². The first-order chi connectivity index (χ1) is 16.9. The number of non-ortho nitro benzene ring substituents is 1. The molecule has 3 aromatic carbocycles. The Kier molecular flexibility index (Phi) is 7.71. The minimum atomic E-state index is -0.451. The molecule has 10 heteroatoms. The molecule has 35 heavy (non-hydrogen) atoms. The van der Waals surface area contributed by atoms with Crippen molar-refractivity contribution in [2.45, 2.75) is 13.5 Å². The summed E-state index contributed by atoms with van der Waals surface area (Å²) in [4.78, 5) is 37.5. The van der Waals surface area contributed by atoms with Crippen LogP contribution >= 0.6 is 34.4 Å². The Morgan fingerprint density at radius 3 is 2.54 bits per heavy atom. The van der Waals surface area contributed by atoms with Gasteiger partial charge in [-0.3, -0.25) is 19.7 Å². The predicted molar refractivity (Wildman–Crippen MR) is 143 cm³/mol. The fourth-order valence-corrected chi connectivity index (χ4v) is 5.03. The monoisotopic (exact) mass is 602 g/mol. The van der Waals surface area contributed by atoms with Crippen LogP contribution < -0.4 is 14.4 Å². The molecule has 0 spiro atoms. The van der Waals surface area contributed by atoms with E-state index in [1.165, 1.54) is 12.1 Å². The van der Waals surface area contributed by atoms with Gasteiger partial charge in [-0.1, -0.05) is 30.3 Å². The molecule has 1 fully saturated rings. The second-order valence-electron chi connectivity index (χ2n) is 7.33. The number of ether oxygens (including phenoxy) is 2. The molecule has 3 aromatic rings. The number of halogens is 1. The fourth-order valence-electron chi connectivity index (χ4n) is 3.41. The highest BCUT2D eigenvalue weighted by molar-refractivity contribution is 14.1. The Balaban J connectivity index is 1.59. The number of nitro groups is 1. The van der Waals surface area contributed by atoms with Crippen LogP contribution in [0.4, 0.5) is 16.2 Å². The van der Waals surface area contributed by atoms with E-state index in [4.69, 9.17) is 9.47 Å². The molecule has 178 valence electrons. The molecule has 1 aliphatic heterocycles. The molecule has 0 unspecified atom stereocenters. The van der Waals surface area contributed by atoms with E-state index in [1.54, 1.807) is 48.5 Å². The molecular weight excluding hydrogens is 583 g/mol. The third kappa shape index (κ3) is 5.65. The van der Waals surface area contributed by atoms with Gasteiger partial charge in [-0.15, -0.1) is 0 Å². The van der Waals surface area contributed by atoms with Crippen LogP contribution in [0.15, 0.2) is 71.6 Å². The number of amides is 2. The van der Waals surface area contributed by atoms with Gasteiger partial charge in [0.05, 0.1) is 25.7 Å². The highest BCUT2D eigenvalue weighted by Gasteiger charge is 2.36. The van der Waals surface area contributed by atoms with Crippen molar-refractivity contribution in [3.8, 4) is 11.5 Å². The van der Waals surface area contributed by atoms with Crippen LogP contribution in [0.3, 0.4) is 0 Å². The Labute approximate surface area is 219 Å². The predicted octanol–water partition coefficient (Wildman–Crippen LogP) is 6.42. The van der Waals surface area contributed by atoms with Crippen LogP contribution in [0.2, 0.25) is 0 Å². The molecule has 0 atom stereocenters. The summed E-state index contributed by atoms with van der Waals surface area (Å²) in [5, 5.41) is 10.7. The highest BCUT2D eigenvalue weighted by Crippen LogP contribution is 2.39. The third-order valence-electron chi connectivity index (χ3n) is 4.94. The van der Waals surface area contributed by atoms with Crippen molar-refractivity contribution in [1.29, 1.82) is 0 Å². The van der Waals surface area contributed by atoms with E-state index in [2.05, 4.69) is 22.6 Å². The lowest BCUT2D eigenvalue weighted by Crippen LogP contribution is -2.27. The van der Waals surface area contributed by atoms with Gasteiger partial charge < -0.3 is 9.47 Å². The zero-order valence-electron chi connectivity index (χ0n) is 18.5. The van der Waals surface area contributed by atoms with E-state index in [-0.39, 0.29) is 23.4 Å². The van der Waals surface area contributed by atoms with Gasteiger partial charge in [-0.25, -0.2) is 4.90 Å². The van der Waals surface area contributed by atoms with Gasteiger partial charge >= 0.3 is 0 Å². The number of carbonyl (C=O) groups is 2. The lowest BCUT2D eigenvalue weighted by atomic mass is 10.1. The molecule has 4 rings (SSSR count). The second kappa shape index (κ2) is 10.9. The summed E-state index contributed by atoms with van der Waals surface area (Å²) in [6, 6.07) is 18.6. The molecule has 1 heterocycles. The van der Waals surface area contributed by atoms with E-state index in [0.29, 0.717) is 39.8 Å². The van der Waals surface area contributed by atoms with Crippen molar-refractivity contribution in [3.05, 3.63) is 96.4 Å². The molecule has 2 amide bonds. The number of hydrogen-bond donors (Lipinski definition) is 0. The first-order valence-electron chi connectivity index (χ1n) is 10.5. The molecule has 0 aliphatic carbocycles. The summed E-state index contributed by atoms with van der Waals surface area (Å²) < 4.78 is 12.5. The van der Waals surface area contributed by atoms with Crippen LogP contribution in [0.5, 0.6) is 11.5 Å². The van der Waals surface area contributed by atoms with Crippen molar-refractivity contribution < 1.29 is 24.0 Å². The number of para-hydroxylation sites is 1. The molecule has 0 N–H and O–H groups in total. The van der Waals surface area contributed by atoms with Crippen LogP contribution in [-0.4, -0.2) is 22.7 Å². The number of rotatable bonds is 8. The maximum atomic E-state index is 12.9. The lowest BCUT2D eigenvalue weighted by molar-refractivity contribution is -0.384. The molecular formula is C25H19IN2O6S. The molecule has 0 radical (unpaired) electrons. The van der Waals surface area contributed by atoms with Gasteiger partial charge in [0, 0.05) is 12.1 Å². The number of imide groups is 1. The van der Waals surface area contributed by atoms with Gasteiger partial charge in [0.15, 0.2) is 11.5 Å². The normalized spacial score (nSPS) is 14.5. The van der Waals surface area contributed by atoms with E-state index in [0.717, 1.165) is 20.2 Å². The van der Waals surface area contributed by atoms with Crippen LogP contribution in [-0.2, 0) is 11.4 Å². The maximum Gasteiger partial charge on any atom is 0.298 e. The Bertz CT molecular complexity index is 1330. The zero-order chi connectivity index (χ0) is 24.9. The lowest BCUT2D eigenvalue weighted by Gasteiger charge is -2.15. The van der Waals surface area contributed by atoms with Crippen molar-refractivity contribution >= 4 is 62.9 Å². The second-order valence-corrected chi connectivity index (χ2v) is 9.49. The van der Waals surface area contributed by atoms with E-state index in [9.17, 15) is 19.7 Å².